The second-order valence-corrected chi connectivity index (χ2v) is 10.5. The molecule has 15 heteroatoms. The van der Waals surface area contributed by atoms with E-state index in [1.165, 1.54) is 52.8 Å². The van der Waals surface area contributed by atoms with Crippen molar-refractivity contribution in [2.24, 2.45) is 0 Å². The number of thiazole rings is 1. The number of benzene rings is 1. The number of hydrogen-bond acceptors (Lipinski definition) is 11. The highest BCUT2D eigenvalue weighted by Crippen LogP contribution is 2.40. The van der Waals surface area contributed by atoms with Crippen LogP contribution in [-0.4, -0.2) is 76.7 Å². The average molecular weight is 609 g/mol. The normalized spacial score (nSPS) is 17.0. The van der Waals surface area contributed by atoms with Gasteiger partial charge in [-0.2, -0.15) is 15.2 Å². The van der Waals surface area contributed by atoms with Crippen LogP contribution < -0.4 is 19.3 Å². The van der Waals surface area contributed by atoms with Crippen molar-refractivity contribution in [2.75, 3.05) is 49.7 Å². The van der Waals surface area contributed by atoms with Gasteiger partial charge in [-0.05, 0) is 12.1 Å². The Balaban J connectivity index is 1.35. The molecule has 2 aliphatic heterocycles. The van der Waals surface area contributed by atoms with Gasteiger partial charge in [0, 0.05) is 43.5 Å². The topological polar surface area (TPSA) is 121 Å². The predicted molar refractivity (Wildman–Crippen MR) is 152 cm³/mol. The second-order valence-electron chi connectivity index (χ2n) is 9.60. The van der Waals surface area contributed by atoms with Gasteiger partial charge in [-0.15, -0.1) is 11.3 Å². The smallest absolute Gasteiger partial charge is 0.318 e. The first-order valence-electron chi connectivity index (χ1n) is 13.2. The summed E-state index contributed by atoms with van der Waals surface area (Å²) in [6, 6.07) is 5.59. The second kappa shape index (κ2) is 11.7. The largest absolute Gasteiger partial charge is 0.489 e. The molecular weight excluding hydrogens is 585 g/mol. The summed E-state index contributed by atoms with van der Waals surface area (Å²) in [4.78, 5) is 34.4. The van der Waals surface area contributed by atoms with Gasteiger partial charge in [0.05, 0.1) is 37.6 Å². The number of hydrogen-bond donors (Lipinski definition) is 0. The van der Waals surface area contributed by atoms with Gasteiger partial charge in [-0.3, -0.25) is 4.79 Å². The number of nitriles is 1. The standard InChI is InChI=1S/C28H23F3N8O3S/c1-41-28-35-23-17(14-34-26(22(23)31)39-10-11-42-20-4-2-3-18(29)24(20)39)25(36-28)37-8-9-38(16(15-37)5-6-32)27(40)19(30)13-21-33-7-12-43-21/h2-4,7,12-14,16H,5,8-11,15H2,1H3/b19-13-. The zero-order valence-electron chi connectivity index (χ0n) is 22.7. The zero-order valence-corrected chi connectivity index (χ0v) is 23.5. The minimum absolute atomic E-state index is 0.0654. The fourth-order valence-corrected chi connectivity index (χ4v) is 5.74. The number of fused-ring (bicyclic) bond motifs is 2. The maximum Gasteiger partial charge on any atom is 0.318 e. The van der Waals surface area contributed by atoms with Crippen molar-refractivity contribution in [2.45, 2.75) is 12.5 Å². The number of halogens is 3. The van der Waals surface area contributed by atoms with Gasteiger partial charge in [0.15, 0.2) is 23.3 Å². The average Bonchev–Trinajstić information content (AvgIpc) is 3.53. The molecule has 0 bridgehead atoms. The van der Waals surface area contributed by atoms with E-state index in [0.717, 1.165) is 6.08 Å². The number of carbonyl (C=O) groups is 1. The number of anilines is 3. The molecular formula is C28H23F3N8O3S. The number of piperazine rings is 1. The predicted octanol–water partition coefficient (Wildman–Crippen LogP) is 4.24. The molecule has 43 heavy (non-hydrogen) atoms. The molecule has 0 spiro atoms. The van der Waals surface area contributed by atoms with E-state index in [2.05, 4.69) is 26.0 Å². The van der Waals surface area contributed by atoms with Gasteiger partial charge in [0.1, 0.15) is 34.4 Å². The van der Waals surface area contributed by atoms with Crippen LogP contribution in [0.2, 0.25) is 0 Å². The number of ether oxygens (including phenoxy) is 2. The molecule has 1 amide bonds. The molecule has 1 saturated heterocycles. The molecule has 6 rings (SSSR count). The van der Waals surface area contributed by atoms with Crippen LogP contribution in [0.4, 0.5) is 30.5 Å². The van der Waals surface area contributed by atoms with E-state index in [4.69, 9.17) is 9.47 Å². The molecule has 0 saturated carbocycles. The number of methoxy groups -OCH3 is 1. The Labute approximate surface area is 247 Å². The fraction of sp³-hybridized carbons (Fsp3) is 0.286. The Kier molecular flexibility index (Phi) is 7.68. The van der Waals surface area contributed by atoms with Crippen LogP contribution in [0, 0.1) is 23.0 Å². The molecule has 0 radical (unpaired) electrons. The number of carbonyl (C=O) groups excluding carboxylic acids is 1. The van der Waals surface area contributed by atoms with E-state index in [0.29, 0.717) is 5.01 Å². The number of aromatic nitrogens is 4. The van der Waals surface area contributed by atoms with Crippen molar-refractivity contribution in [3.63, 3.8) is 0 Å². The van der Waals surface area contributed by atoms with Crippen molar-refractivity contribution in [1.29, 1.82) is 5.26 Å². The number of nitrogens with zero attached hydrogens (tertiary/aromatic N) is 8. The SMILES string of the molecule is COc1nc(N2CCN(C(=O)/C(F)=C/c3nccs3)C(CC#N)C2)c2cnc(N3CCOc4cccc(F)c43)c(F)c2n1. The Bertz CT molecular complexity index is 1760. The Morgan fingerprint density at radius 1 is 1.23 bits per heavy atom. The van der Waals surface area contributed by atoms with Gasteiger partial charge >= 0.3 is 6.01 Å². The molecule has 1 unspecified atom stereocenters. The fourth-order valence-electron chi connectivity index (χ4n) is 5.19. The Morgan fingerprint density at radius 3 is 2.86 bits per heavy atom. The van der Waals surface area contributed by atoms with Crippen LogP contribution in [0.1, 0.15) is 11.4 Å². The number of rotatable bonds is 6. The summed E-state index contributed by atoms with van der Waals surface area (Å²) in [6.07, 6.45) is 3.89. The summed E-state index contributed by atoms with van der Waals surface area (Å²) >= 11 is 1.19. The van der Waals surface area contributed by atoms with E-state index < -0.39 is 29.4 Å². The van der Waals surface area contributed by atoms with Crippen LogP contribution in [0.15, 0.2) is 41.8 Å². The summed E-state index contributed by atoms with van der Waals surface area (Å²) in [5.74, 6) is -2.85. The molecule has 3 aromatic heterocycles. The molecule has 5 heterocycles. The van der Waals surface area contributed by atoms with Gasteiger partial charge in [0.2, 0.25) is 0 Å². The van der Waals surface area contributed by atoms with Crippen LogP contribution in [0.5, 0.6) is 11.8 Å². The number of pyridine rings is 1. The lowest BCUT2D eigenvalue weighted by atomic mass is 10.1. The molecule has 0 aliphatic carbocycles. The van der Waals surface area contributed by atoms with Gasteiger partial charge < -0.3 is 24.2 Å². The third-order valence-corrected chi connectivity index (χ3v) is 7.85. The van der Waals surface area contributed by atoms with E-state index in [9.17, 15) is 18.8 Å². The van der Waals surface area contributed by atoms with Crippen LogP contribution in [0.25, 0.3) is 17.0 Å². The zero-order chi connectivity index (χ0) is 30.1. The van der Waals surface area contributed by atoms with Crippen molar-refractivity contribution in [1.82, 2.24) is 24.8 Å². The minimum Gasteiger partial charge on any atom is -0.489 e. The quantitative estimate of drug-likeness (QED) is 0.294. The number of amides is 1. The third kappa shape index (κ3) is 5.25. The first kappa shape index (κ1) is 28.2. The summed E-state index contributed by atoms with van der Waals surface area (Å²) < 4.78 is 56.7. The van der Waals surface area contributed by atoms with E-state index in [1.54, 1.807) is 16.3 Å². The summed E-state index contributed by atoms with van der Waals surface area (Å²) in [5, 5.41) is 11.7. The summed E-state index contributed by atoms with van der Waals surface area (Å²) in [6.45, 7) is 0.702. The summed E-state index contributed by atoms with van der Waals surface area (Å²) in [7, 11) is 1.34. The molecule has 0 N–H and O–H groups in total. The van der Waals surface area contributed by atoms with Gasteiger partial charge in [0.25, 0.3) is 5.91 Å². The van der Waals surface area contributed by atoms with Crippen molar-refractivity contribution < 1.29 is 27.4 Å². The van der Waals surface area contributed by atoms with Crippen LogP contribution >= 0.6 is 11.3 Å². The van der Waals surface area contributed by atoms with Crippen molar-refractivity contribution >= 4 is 51.5 Å². The van der Waals surface area contributed by atoms with E-state index in [1.807, 2.05) is 0 Å². The highest BCUT2D eigenvalue weighted by atomic mass is 32.1. The Hall–Kier alpha value is -4.97. The lowest BCUT2D eigenvalue weighted by Crippen LogP contribution is -2.55. The molecule has 1 aromatic carbocycles. The molecule has 1 fully saturated rings. The van der Waals surface area contributed by atoms with Crippen molar-refractivity contribution in [3.05, 3.63) is 58.4 Å². The van der Waals surface area contributed by atoms with Gasteiger partial charge in [-0.25, -0.2) is 23.1 Å². The minimum atomic E-state index is -0.986. The summed E-state index contributed by atoms with van der Waals surface area (Å²) in [5.41, 5.74) is -0.0407. The highest BCUT2D eigenvalue weighted by Gasteiger charge is 2.35. The first-order valence-corrected chi connectivity index (χ1v) is 14.1. The number of para-hydroxylation sites is 1. The van der Waals surface area contributed by atoms with Crippen LogP contribution in [-0.2, 0) is 4.79 Å². The maximum absolute atomic E-state index is 16.2. The lowest BCUT2D eigenvalue weighted by molar-refractivity contribution is -0.131. The van der Waals surface area contributed by atoms with E-state index >= 15 is 4.39 Å². The highest BCUT2D eigenvalue weighted by molar-refractivity contribution is 7.10. The van der Waals surface area contributed by atoms with Crippen LogP contribution in [0.3, 0.4) is 0 Å². The third-order valence-electron chi connectivity index (χ3n) is 7.13. The van der Waals surface area contributed by atoms with Gasteiger partial charge in [-0.1, -0.05) is 6.07 Å². The molecule has 1 atom stereocenters. The van der Waals surface area contributed by atoms with E-state index in [-0.39, 0.29) is 79.2 Å². The maximum atomic E-state index is 16.2. The molecule has 2 aliphatic rings. The molecule has 4 aromatic rings. The molecule has 220 valence electrons. The Morgan fingerprint density at radius 2 is 2.09 bits per heavy atom. The molecule has 11 nitrogen and oxygen atoms in total. The monoisotopic (exact) mass is 608 g/mol. The first-order chi connectivity index (χ1) is 20.9. The van der Waals surface area contributed by atoms with Crippen molar-refractivity contribution in [3.8, 4) is 17.8 Å². The lowest BCUT2D eigenvalue weighted by Gasteiger charge is -2.41.